The molecule has 0 heterocycles. The first-order valence-electron chi connectivity index (χ1n) is 5.76. The summed E-state index contributed by atoms with van der Waals surface area (Å²) in [6.07, 6.45) is 0. The van der Waals surface area contributed by atoms with Gasteiger partial charge in [0.15, 0.2) is 0 Å². The van der Waals surface area contributed by atoms with Gasteiger partial charge in [-0.2, -0.15) is 0 Å². The van der Waals surface area contributed by atoms with Crippen molar-refractivity contribution in [2.45, 2.75) is 10.6 Å². The average Bonchev–Trinajstić information content (AvgIpc) is 2.45. The Balaban J connectivity index is 2.09. The van der Waals surface area contributed by atoms with Crippen LogP contribution in [-0.4, -0.2) is 16.0 Å². The van der Waals surface area contributed by atoms with Crippen LogP contribution in [0.3, 0.4) is 0 Å². The van der Waals surface area contributed by atoms with Gasteiger partial charge in [0, 0.05) is 22.8 Å². The smallest absolute Gasteiger partial charge is 0.336 e. The fraction of sp³-hybridized carbons (Fsp3) is 0.0714. The molecule has 0 saturated carbocycles. The molecule has 2 rings (SSSR count). The van der Waals surface area contributed by atoms with E-state index in [4.69, 9.17) is 5.11 Å². The standard InChI is InChI=1S/C14H11NO4S/c16-14(17)12-3-1-2-4-13(12)20-9-10-5-7-11(8-6-10)15(18)19/h1-8H,9H2,(H,16,17). The van der Waals surface area contributed by atoms with E-state index in [2.05, 4.69) is 0 Å². The molecule has 0 aliphatic rings. The number of benzene rings is 2. The van der Waals surface area contributed by atoms with Gasteiger partial charge in [-0.3, -0.25) is 10.1 Å². The maximum absolute atomic E-state index is 11.1. The van der Waals surface area contributed by atoms with Crippen LogP contribution >= 0.6 is 11.8 Å². The Kier molecular flexibility index (Phi) is 4.37. The molecule has 0 atom stereocenters. The first-order valence-corrected chi connectivity index (χ1v) is 6.75. The Morgan fingerprint density at radius 3 is 2.40 bits per heavy atom. The Bertz CT molecular complexity index is 640. The second kappa shape index (κ2) is 6.21. The zero-order chi connectivity index (χ0) is 14.5. The van der Waals surface area contributed by atoms with E-state index in [1.807, 2.05) is 0 Å². The molecule has 0 aromatic heterocycles. The number of non-ortho nitro benzene ring substituents is 1. The number of thioether (sulfide) groups is 1. The van der Waals surface area contributed by atoms with Gasteiger partial charge in [-0.1, -0.05) is 24.3 Å². The summed E-state index contributed by atoms with van der Waals surface area (Å²) in [5, 5.41) is 19.6. The first-order chi connectivity index (χ1) is 9.58. The summed E-state index contributed by atoms with van der Waals surface area (Å²) >= 11 is 1.39. The lowest BCUT2D eigenvalue weighted by Crippen LogP contribution is -1.98. The second-order valence-electron chi connectivity index (χ2n) is 4.01. The summed E-state index contributed by atoms with van der Waals surface area (Å²) in [7, 11) is 0. The highest BCUT2D eigenvalue weighted by Gasteiger charge is 2.10. The van der Waals surface area contributed by atoms with Crippen molar-refractivity contribution >= 4 is 23.4 Å². The van der Waals surface area contributed by atoms with E-state index < -0.39 is 10.9 Å². The molecule has 20 heavy (non-hydrogen) atoms. The number of hydrogen-bond donors (Lipinski definition) is 1. The van der Waals surface area contributed by atoms with Crippen molar-refractivity contribution in [2.24, 2.45) is 0 Å². The minimum atomic E-state index is -0.961. The molecule has 0 spiro atoms. The maximum Gasteiger partial charge on any atom is 0.336 e. The molecular formula is C14H11NO4S. The molecule has 0 bridgehead atoms. The molecule has 0 unspecified atom stereocenters. The predicted octanol–water partition coefficient (Wildman–Crippen LogP) is 3.59. The predicted molar refractivity (Wildman–Crippen MR) is 76.1 cm³/mol. The van der Waals surface area contributed by atoms with Gasteiger partial charge in [-0.25, -0.2) is 4.79 Å². The summed E-state index contributed by atoms with van der Waals surface area (Å²) in [5.41, 5.74) is 1.21. The quantitative estimate of drug-likeness (QED) is 0.517. The Morgan fingerprint density at radius 2 is 1.80 bits per heavy atom. The number of carbonyl (C=O) groups is 1. The zero-order valence-electron chi connectivity index (χ0n) is 10.4. The third kappa shape index (κ3) is 3.36. The summed E-state index contributed by atoms with van der Waals surface area (Å²) < 4.78 is 0. The molecule has 1 N–H and O–H groups in total. The molecule has 2 aromatic rings. The van der Waals surface area contributed by atoms with Crippen molar-refractivity contribution in [3.8, 4) is 0 Å². The molecule has 0 aliphatic carbocycles. The molecule has 0 radical (unpaired) electrons. The minimum absolute atomic E-state index is 0.0460. The Morgan fingerprint density at radius 1 is 1.15 bits per heavy atom. The summed E-state index contributed by atoms with van der Waals surface area (Å²) in [5.74, 6) is -0.403. The topological polar surface area (TPSA) is 80.4 Å². The number of carboxylic acids is 1. The molecule has 0 fully saturated rings. The lowest BCUT2D eigenvalue weighted by atomic mass is 10.2. The number of rotatable bonds is 5. The normalized spacial score (nSPS) is 10.2. The van der Waals surface area contributed by atoms with Gasteiger partial charge in [0.2, 0.25) is 0 Å². The fourth-order valence-electron chi connectivity index (χ4n) is 1.64. The van der Waals surface area contributed by atoms with Gasteiger partial charge in [0.1, 0.15) is 0 Å². The molecular weight excluding hydrogens is 278 g/mol. The van der Waals surface area contributed by atoms with Crippen LogP contribution in [-0.2, 0) is 5.75 Å². The van der Waals surface area contributed by atoms with Crippen molar-refractivity contribution in [3.63, 3.8) is 0 Å². The summed E-state index contributed by atoms with van der Waals surface area (Å²) in [4.78, 5) is 21.8. The Labute approximate surface area is 119 Å². The minimum Gasteiger partial charge on any atom is -0.478 e. The van der Waals surface area contributed by atoms with Gasteiger partial charge in [-0.05, 0) is 17.7 Å². The molecule has 0 amide bonds. The van der Waals surface area contributed by atoms with Crippen LogP contribution in [0.1, 0.15) is 15.9 Å². The van der Waals surface area contributed by atoms with Crippen LogP contribution in [0.2, 0.25) is 0 Å². The van der Waals surface area contributed by atoms with E-state index >= 15 is 0 Å². The molecule has 0 saturated heterocycles. The van der Waals surface area contributed by atoms with Crippen LogP contribution in [0.25, 0.3) is 0 Å². The van der Waals surface area contributed by atoms with Gasteiger partial charge in [0.05, 0.1) is 10.5 Å². The zero-order valence-corrected chi connectivity index (χ0v) is 11.2. The van der Waals surface area contributed by atoms with Crippen LogP contribution in [0.4, 0.5) is 5.69 Å². The van der Waals surface area contributed by atoms with Crippen LogP contribution in [0.15, 0.2) is 53.4 Å². The van der Waals surface area contributed by atoms with Crippen LogP contribution in [0, 0.1) is 10.1 Å². The molecule has 5 nitrogen and oxygen atoms in total. The highest BCUT2D eigenvalue weighted by atomic mass is 32.2. The summed E-state index contributed by atoms with van der Waals surface area (Å²) in [6, 6.07) is 13.0. The van der Waals surface area contributed by atoms with Crippen molar-refractivity contribution in [3.05, 3.63) is 69.8 Å². The first kappa shape index (κ1) is 14.1. The van der Waals surface area contributed by atoms with E-state index in [-0.39, 0.29) is 11.3 Å². The van der Waals surface area contributed by atoms with Crippen LogP contribution in [0.5, 0.6) is 0 Å². The van der Waals surface area contributed by atoms with E-state index in [9.17, 15) is 14.9 Å². The van der Waals surface area contributed by atoms with E-state index in [0.29, 0.717) is 10.6 Å². The van der Waals surface area contributed by atoms with Gasteiger partial charge in [0.25, 0.3) is 5.69 Å². The number of carboxylic acid groups (broad SMARTS) is 1. The molecule has 6 heteroatoms. The van der Waals surface area contributed by atoms with Gasteiger partial charge >= 0.3 is 5.97 Å². The maximum atomic E-state index is 11.1. The monoisotopic (exact) mass is 289 g/mol. The number of nitrogens with zero attached hydrogens (tertiary/aromatic N) is 1. The highest BCUT2D eigenvalue weighted by Crippen LogP contribution is 2.27. The SMILES string of the molecule is O=C(O)c1ccccc1SCc1ccc([N+](=O)[O-])cc1. The molecule has 2 aromatic carbocycles. The van der Waals surface area contributed by atoms with Gasteiger partial charge in [-0.15, -0.1) is 11.8 Å². The van der Waals surface area contributed by atoms with Crippen molar-refractivity contribution < 1.29 is 14.8 Å². The van der Waals surface area contributed by atoms with E-state index in [0.717, 1.165) is 5.56 Å². The second-order valence-corrected chi connectivity index (χ2v) is 5.03. The Hall–Kier alpha value is -2.34. The number of hydrogen-bond acceptors (Lipinski definition) is 4. The average molecular weight is 289 g/mol. The third-order valence-corrected chi connectivity index (χ3v) is 3.80. The van der Waals surface area contributed by atoms with E-state index in [1.165, 1.54) is 23.9 Å². The summed E-state index contributed by atoms with van der Waals surface area (Å²) in [6.45, 7) is 0. The van der Waals surface area contributed by atoms with Crippen LogP contribution < -0.4 is 0 Å². The highest BCUT2D eigenvalue weighted by molar-refractivity contribution is 7.98. The number of nitro benzene ring substituents is 1. The van der Waals surface area contributed by atoms with E-state index in [1.54, 1.807) is 36.4 Å². The fourth-order valence-corrected chi connectivity index (χ4v) is 2.64. The molecule has 0 aliphatic heterocycles. The van der Waals surface area contributed by atoms with Crippen molar-refractivity contribution in [2.75, 3.05) is 0 Å². The van der Waals surface area contributed by atoms with Gasteiger partial charge < -0.3 is 5.11 Å². The molecule has 102 valence electrons. The van der Waals surface area contributed by atoms with Crippen molar-refractivity contribution in [1.82, 2.24) is 0 Å². The third-order valence-electron chi connectivity index (χ3n) is 2.66. The largest absolute Gasteiger partial charge is 0.478 e. The number of aromatic carboxylic acids is 1. The lowest BCUT2D eigenvalue weighted by Gasteiger charge is -2.05. The lowest BCUT2D eigenvalue weighted by molar-refractivity contribution is -0.384. The van der Waals surface area contributed by atoms with Crippen molar-refractivity contribution in [1.29, 1.82) is 0 Å². The number of nitro groups is 1.